The number of phenolic OH excluding ortho intramolecular Hbond substituents is 2. The van der Waals surface area contributed by atoms with Gasteiger partial charge in [0.15, 0.2) is 17.4 Å². The van der Waals surface area contributed by atoms with E-state index >= 15 is 0 Å². The first-order valence-corrected chi connectivity index (χ1v) is 10.3. The van der Waals surface area contributed by atoms with Gasteiger partial charge in [-0.15, -0.1) is 0 Å². The number of carbonyl (C=O) groups is 2. The van der Waals surface area contributed by atoms with E-state index in [1.165, 1.54) is 0 Å². The maximum atomic E-state index is 13.1. The maximum Gasteiger partial charge on any atom is 0.198 e. The number of aromatic hydroxyl groups is 2. The molecule has 6 nitrogen and oxygen atoms in total. The van der Waals surface area contributed by atoms with Crippen LogP contribution >= 0.6 is 15.9 Å². The molecule has 2 aliphatic carbocycles. The lowest BCUT2D eigenvalue weighted by atomic mass is 9.74. The zero-order chi connectivity index (χ0) is 20.6. The highest BCUT2D eigenvalue weighted by molar-refractivity contribution is 9.10. The Labute approximate surface area is 175 Å². The largest absolute Gasteiger partial charge is 0.507 e. The van der Waals surface area contributed by atoms with Gasteiger partial charge in [0.1, 0.15) is 11.5 Å². The zero-order valence-corrected chi connectivity index (χ0v) is 17.3. The lowest BCUT2D eigenvalue weighted by Gasteiger charge is -2.44. The van der Waals surface area contributed by atoms with Crippen LogP contribution in [0.25, 0.3) is 0 Å². The van der Waals surface area contributed by atoms with E-state index in [1.54, 1.807) is 24.3 Å². The average Bonchev–Trinajstić information content (AvgIpc) is 3.17. The Morgan fingerprint density at radius 2 is 1.45 bits per heavy atom. The van der Waals surface area contributed by atoms with Gasteiger partial charge in [0, 0.05) is 22.3 Å². The Bertz CT molecular complexity index is 1090. The van der Waals surface area contributed by atoms with Crippen molar-refractivity contribution in [2.45, 2.75) is 36.3 Å². The van der Waals surface area contributed by atoms with E-state index < -0.39 is 21.7 Å². The quantitative estimate of drug-likeness (QED) is 0.429. The topological polar surface area (TPSA) is 93.1 Å². The molecule has 2 N–H and O–H groups in total. The van der Waals surface area contributed by atoms with E-state index in [2.05, 4.69) is 15.9 Å². The highest BCUT2D eigenvalue weighted by atomic mass is 79.9. The molecule has 0 bridgehead atoms. The van der Waals surface area contributed by atoms with Gasteiger partial charge in [-0.3, -0.25) is 9.59 Å². The molecular weight excluding hydrogens is 440 g/mol. The van der Waals surface area contributed by atoms with Crippen molar-refractivity contribution in [2.24, 2.45) is 0 Å². The fraction of sp³-hybridized carbons (Fsp3) is 0.364. The second kappa shape index (κ2) is 6.14. The molecule has 3 aliphatic rings. The molecule has 1 fully saturated rings. The number of alkyl halides is 1. The third-order valence-electron chi connectivity index (χ3n) is 6.41. The fourth-order valence-corrected chi connectivity index (χ4v) is 5.43. The van der Waals surface area contributed by atoms with Crippen molar-refractivity contribution in [3.05, 3.63) is 57.6 Å². The van der Waals surface area contributed by atoms with Crippen molar-refractivity contribution in [2.75, 3.05) is 13.2 Å². The third kappa shape index (κ3) is 2.41. The van der Waals surface area contributed by atoms with Gasteiger partial charge in [-0.1, -0.05) is 40.2 Å². The number of benzene rings is 2. The second-order valence-corrected chi connectivity index (χ2v) is 9.41. The smallest absolute Gasteiger partial charge is 0.198 e. The predicted molar refractivity (Wildman–Crippen MR) is 107 cm³/mol. The molecule has 7 heteroatoms. The van der Waals surface area contributed by atoms with Crippen LogP contribution in [0.3, 0.4) is 0 Å². The molecule has 0 saturated carbocycles. The summed E-state index contributed by atoms with van der Waals surface area (Å²) in [5.41, 5.74) is 1.19. The lowest BCUT2D eigenvalue weighted by molar-refractivity contribution is -0.168. The molecule has 29 heavy (non-hydrogen) atoms. The fourth-order valence-electron chi connectivity index (χ4n) is 4.73. The summed E-state index contributed by atoms with van der Waals surface area (Å²) in [6.07, 6.45) is 1.26. The van der Waals surface area contributed by atoms with Gasteiger partial charge in [-0.25, -0.2) is 0 Å². The zero-order valence-electron chi connectivity index (χ0n) is 15.8. The number of phenols is 2. The molecule has 150 valence electrons. The number of hydrogen-bond acceptors (Lipinski definition) is 6. The van der Waals surface area contributed by atoms with Crippen molar-refractivity contribution in [3.8, 4) is 11.5 Å². The van der Waals surface area contributed by atoms with Crippen molar-refractivity contribution in [1.82, 2.24) is 0 Å². The number of fused-ring (bicyclic) bond motifs is 3. The number of halogens is 1. The third-order valence-corrected chi connectivity index (χ3v) is 7.81. The number of carbonyl (C=O) groups excluding carboxylic acids is 2. The molecule has 1 heterocycles. The standard InChI is InChI=1S/C22H19BrO6/c1-21(28-8-9-29-21)22(23)7-6-13-14(10-22)20(27)16-15(19(13)26)17(24)11-4-2-3-5-12(11)18(16)25/h2-5,26-27H,6-10H2,1H3. The predicted octanol–water partition coefficient (Wildman–Crippen LogP) is 3.26. The first kappa shape index (κ1) is 18.8. The monoisotopic (exact) mass is 458 g/mol. The number of ketones is 2. The van der Waals surface area contributed by atoms with Crippen molar-refractivity contribution in [1.29, 1.82) is 0 Å². The van der Waals surface area contributed by atoms with Crippen LogP contribution in [0.2, 0.25) is 0 Å². The van der Waals surface area contributed by atoms with Crippen LogP contribution < -0.4 is 0 Å². The molecule has 0 amide bonds. The molecule has 0 spiro atoms. The van der Waals surface area contributed by atoms with Gasteiger partial charge in [0.05, 0.1) is 28.7 Å². The van der Waals surface area contributed by atoms with E-state index in [0.717, 1.165) is 0 Å². The Hall–Kier alpha value is -2.22. The van der Waals surface area contributed by atoms with Gasteiger partial charge < -0.3 is 19.7 Å². The van der Waals surface area contributed by atoms with Gasteiger partial charge in [0.25, 0.3) is 0 Å². The summed E-state index contributed by atoms with van der Waals surface area (Å²) in [6.45, 7) is 2.80. The summed E-state index contributed by atoms with van der Waals surface area (Å²) >= 11 is 3.76. The van der Waals surface area contributed by atoms with E-state index in [4.69, 9.17) is 9.47 Å². The van der Waals surface area contributed by atoms with Crippen LogP contribution in [0, 0.1) is 0 Å². The molecule has 0 radical (unpaired) electrons. The second-order valence-electron chi connectivity index (χ2n) is 7.89. The Morgan fingerprint density at radius 1 is 0.931 bits per heavy atom. The minimum Gasteiger partial charge on any atom is -0.507 e. The number of ether oxygens (including phenoxy) is 2. The minimum absolute atomic E-state index is 0.105. The molecule has 1 unspecified atom stereocenters. The van der Waals surface area contributed by atoms with E-state index in [1.807, 2.05) is 6.92 Å². The molecular formula is C22H19BrO6. The molecule has 2 aromatic rings. The Kier molecular flexibility index (Phi) is 3.98. The summed E-state index contributed by atoms with van der Waals surface area (Å²) in [4.78, 5) is 26.1. The van der Waals surface area contributed by atoms with Gasteiger partial charge in [-0.2, -0.15) is 0 Å². The average molecular weight is 459 g/mol. The summed E-state index contributed by atoms with van der Waals surface area (Å²) in [7, 11) is 0. The van der Waals surface area contributed by atoms with Crippen molar-refractivity contribution in [3.63, 3.8) is 0 Å². The molecule has 1 aliphatic heterocycles. The minimum atomic E-state index is -0.894. The van der Waals surface area contributed by atoms with Crippen molar-refractivity contribution >= 4 is 27.5 Å². The van der Waals surface area contributed by atoms with E-state index in [0.29, 0.717) is 37.2 Å². The molecule has 0 aromatic heterocycles. The van der Waals surface area contributed by atoms with E-state index in [9.17, 15) is 19.8 Å². The normalized spacial score (nSPS) is 24.8. The molecule has 1 atom stereocenters. The maximum absolute atomic E-state index is 13.1. The highest BCUT2D eigenvalue weighted by Gasteiger charge is 2.54. The number of hydrogen-bond donors (Lipinski definition) is 2. The molecule has 1 saturated heterocycles. The summed E-state index contributed by atoms with van der Waals surface area (Å²) in [6, 6.07) is 6.47. The van der Waals surface area contributed by atoms with E-state index in [-0.39, 0.29) is 40.2 Å². The molecule has 2 aromatic carbocycles. The van der Waals surface area contributed by atoms with Crippen LogP contribution in [0.15, 0.2) is 24.3 Å². The SMILES string of the molecule is CC1(C2(Br)CCc3c(O)c4c(c(O)c3C2)C(=O)c2ccccc2C4=O)OCCO1. The van der Waals surface area contributed by atoms with Crippen LogP contribution in [0.5, 0.6) is 11.5 Å². The first-order chi connectivity index (χ1) is 13.8. The van der Waals surface area contributed by atoms with Gasteiger partial charge in [0.2, 0.25) is 0 Å². The summed E-state index contributed by atoms with van der Waals surface area (Å²) in [5, 5.41) is 22.0. The van der Waals surface area contributed by atoms with Crippen LogP contribution in [0.1, 0.15) is 56.3 Å². The van der Waals surface area contributed by atoms with Gasteiger partial charge in [-0.05, 0) is 26.2 Å². The lowest BCUT2D eigenvalue weighted by Crippen LogP contribution is -2.52. The summed E-state index contributed by atoms with van der Waals surface area (Å²) < 4.78 is 11.0. The van der Waals surface area contributed by atoms with Crippen LogP contribution in [-0.4, -0.2) is 45.1 Å². The Balaban J connectivity index is 1.69. The van der Waals surface area contributed by atoms with Gasteiger partial charge >= 0.3 is 0 Å². The van der Waals surface area contributed by atoms with Crippen LogP contribution in [-0.2, 0) is 22.3 Å². The first-order valence-electron chi connectivity index (χ1n) is 9.52. The number of rotatable bonds is 1. The summed E-state index contributed by atoms with van der Waals surface area (Å²) in [5.74, 6) is -2.26. The highest BCUT2D eigenvalue weighted by Crippen LogP contribution is 2.52. The molecule has 5 rings (SSSR count). The van der Waals surface area contributed by atoms with Crippen LogP contribution in [0.4, 0.5) is 0 Å². The Morgan fingerprint density at radius 3 is 2.00 bits per heavy atom. The van der Waals surface area contributed by atoms with Crippen molar-refractivity contribution < 1.29 is 29.3 Å².